The molecule has 0 unspecified atom stereocenters. The fourth-order valence-corrected chi connectivity index (χ4v) is 1.57. The van der Waals surface area contributed by atoms with Crippen molar-refractivity contribution in [3.05, 3.63) is 24.0 Å². The van der Waals surface area contributed by atoms with E-state index in [1.54, 1.807) is 19.5 Å². The van der Waals surface area contributed by atoms with Crippen molar-refractivity contribution in [2.45, 2.75) is 6.42 Å². The molecule has 2 N–H and O–H groups in total. The lowest BCUT2D eigenvalue weighted by atomic mass is 10.1. The number of nitrogens with one attached hydrogen (secondary N) is 2. The SMILES string of the molecule is COc1cncc(NCC2=CCNCC2)n1. The molecule has 1 aromatic rings. The fourth-order valence-electron chi connectivity index (χ4n) is 1.57. The predicted molar refractivity (Wildman–Crippen MR) is 62.6 cm³/mol. The second-order valence-corrected chi connectivity index (χ2v) is 3.62. The largest absolute Gasteiger partial charge is 0.480 e. The van der Waals surface area contributed by atoms with Crippen LogP contribution in [0, 0.1) is 0 Å². The van der Waals surface area contributed by atoms with E-state index in [4.69, 9.17) is 4.74 Å². The van der Waals surface area contributed by atoms with E-state index >= 15 is 0 Å². The number of hydrogen-bond donors (Lipinski definition) is 2. The lowest BCUT2D eigenvalue weighted by Crippen LogP contribution is -2.23. The number of hydrogen-bond acceptors (Lipinski definition) is 5. The molecule has 0 radical (unpaired) electrons. The first-order chi connectivity index (χ1) is 7.88. The van der Waals surface area contributed by atoms with Gasteiger partial charge < -0.3 is 15.4 Å². The van der Waals surface area contributed by atoms with Crippen LogP contribution in [0.5, 0.6) is 5.88 Å². The van der Waals surface area contributed by atoms with Gasteiger partial charge in [-0.3, -0.25) is 4.98 Å². The molecular weight excluding hydrogens is 204 g/mol. The molecular formula is C11H16N4O. The van der Waals surface area contributed by atoms with Gasteiger partial charge in [0.05, 0.1) is 19.5 Å². The lowest BCUT2D eigenvalue weighted by Gasteiger charge is -2.14. The summed E-state index contributed by atoms with van der Waals surface area (Å²) >= 11 is 0. The van der Waals surface area contributed by atoms with Gasteiger partial charge in [-0.15, -0.1) is 0 Å². The molecule has 86 valence electrons. The first-order valence-electron chi connectivity index (χ1n) is 5.37. The molecule has 1 aliphatic heterocycles. The summed E-state index contributed by atoms with van der Waals surface area (Å²) in [5.41, 5.74) is 1.41. The molecule has 0 saturated heterocycles. The quantitative estimate of drug-likeness (QED) is 0.736. The summed E-state index contributed by atoms with van der Waals surface area (Å²) in [6, 6.07) is 0. The molecule has 2 rings (SSSR count). The minimum Gasteiger partial charge on any atom is -0.480 e. The highest BCUT2D eigenvalue weighted by Crippen LogP contribution is 2.10. The zero-order chi connectivity index (χ0) is 11.2. The van der Waals surface area contributed by atoms with Gasteiger partial charge in [-0.25, -0.2) is 0 Å². The normalized spacial score (nSPS) is 15.4. The molecule has 0 spiro atoms. The van der Waals surface area contributed by atoms with E-state index in [0.29, 0.717) is 5.88 Å². The van der Waals surface area contributed by atoms with Gasteiger partial charge in [0.1, 0.15) is 5.82 Å². The van der Waals surface area contributed by atoms with Crippen LogP contribution in [0.2, 0.25) is 0 Å². The van der Waals surface area contributed by atoms with E-state index in [1.807, 2.05) is 0 Å². The summed E-state index contributed by atoms with van der Waals surface area (Å²) in [6.07, 6.45) is 6.59. The molecule has 0 aromatic carbocycles. The molecule has 1 aliphatic rings. The minimum atomic E-state index is 0.532. The average Bonchev–Trinajstić information content (AvgIpc) is 2.38. The zero-order valence-electron chi connectivity index (χ0n) is 9.36. The fraction of sp³-hybridized carbons (Fsp3) is 0.455. The average molecular weight is 220 g/mol. The van der Waals surface area contributed by atoms with E-state index in [-0.39, 0.29) is 0 Å². The van der Waals surface area contributed by atoms with Crippen molar-refractivity contribution in [3.8, 4) is 5.88 Å². The number of rotatable bonds is 4. The van der Waals surface area contributed by atoms with Gasteiger partial charge in [0, 0.05) is 13.1 Å². The Morgan fingerprint density at radius 3 is 3.19 bits per heavy atom. The van der Waals surface area contributed by atoms with E-state index in [9.17, 15) is 0 Å². The van der Waals surface area contributed by atoms with Crippen molar-refractivity contribution in [2.75, 3.05) is 32.1 Å². The topological polar surface area (TPSA) is 59.1 Å². The van der Waals surface area contributed by atoms with Crippen molar-refractivity contribution in [2.24, 2.45) is 0 Å². The summed E-state index contributed by atoms with van der Waals surface area (Å²) < 4.78 is 5.01. The van der Waals surface area contributed by atoms with Crippen LogP contribution in [0.4, 0.5) is 5.82 Å². The van der Waals surface area contributed by atoms with Crippen LogP contribution in [-0.2, 0) is 0 Å². The summed E-state index contributed by atoms with van der Waals surface area (Å²) in [5, 5.41) is 6.52. The second kappa shape index (κ2) is 5.46. The van der Waals surface area contributed by atoms with Gasteiger partial charge in [-0.1, -0.05) is 11.6 Å². The van der Waals surface area contributed by atoms with Gasteiger partial charge in [-0.2, -0.15) is 4.98 Å². The first-order valence-corrected chi connectivity index (χ1v) is 5.37. The molecule has 0 saturated carbocycles. The highest BCUT2D eigenvalue weighted by molar-refractivity contribution is 5.35. The van der Waals surface area contributed by atoms with Gasteiger partial charge in [0.15, 0.2) is 0 Å². The summed E-state index contributed by atoms with van der Waals surface area (Å²) in [4.78, 5) is 8.27. The van der Waals surface area contributed by atoms with Crippen LogP contribution in [0.15, 0.2) is 24.0 Å². The lowest BCUT2D eigenvalue weighted by molar-refractivity contribution is 0.396. The van der Waals surface area contributed by atoms with Gasteiger partial charge in [0.25, 0.3) is 0 Å². The monoisotopic (exact) mass is 220 g/mol. The standard InChI is InChI=1S/C11H16N4O/c1-16-11-8-13-7-10(15-11)14-6-9-2-4-12-5-3-9/h2,7-8,12H,3-6H2,1H3,(H,14,15). The Bertz CT molecular complexity index is 378. The number of methoxy groups -OCH3 is 1. The van der Waals surface area contributed by atoms with Crippen LogP contribution >= 0.6 is 0 Å². The Kier molecular flexibility index (Phi) is 3.71. The zero-order valence-corrected chi connectivity index (χ0v) is 9.36. The Labute approximate surface area is 94.9 Å². The highest BCUT2D eigenvalue weighted by Gasteiger charge is 2.03. The molecule has 0 bridgehead atoms. The van der Waals surface area contributed by atoms with Crippen molar-refractivity contribution >= 4 is 5.82 Å². The van der Waals surface area contributed by atoms with Crippen LogP contribution in [0.1, 0.15) is 6.42 Å². The van der Waals surface area contributed by atoms with E-state index in [1.165, 1.54) is 5.57 Å². The molecule has 0 fully saturated rings. The molecule has 2 heterocycles. The third-order valence-corrected chi connectivity index (χ3v) is 2.48. The Balaban J connectivity index is 1.91. The van der Waals surface area contributed by atoms with Crippen LogP contribution in [0.3, 0.4) is 0 Å². The molecule has 1 aromatic heterocycles. The second-order valence-electron chi connectivity index (χ2n) is 3.62. The number of ether oxygens (including phenoxy) is 1. The van der Waals surface area contributed by atoms with Crippen LogP contribution in [0.25, 0.3) is 0 Å². The maximum absolute atomic E-state index is 5.01. The Morgan fingerprint density at radius 1 is 1.50 bits per heavy atom. The summed E-state index contributed by atoms with van der Waals surface area (Å²) in [5.74, 6) is 1.28. The van der Waals surface area contributed by atoms with Crippen molar-refractivity contribution in [1.29, 1.82) is 0 Å². The number of anilines is 1. The van der Waals surface area contributed by atoms with Gasteiger partial charge in [0.2, 0.25) is 5.88 Å². The smallest absolute Gasteiger partial charge is 0.233 e. The van der Waals surface area contributed by atoms with Crippen molar-refractivity contribution < 1.29 is 4.74 Å². The number of nitrogens with zero attached hydrogens (tertiary/aromatic N) is 2. The van der Waals surface area contributed by atoms with Crippen molar-refractivity contribution in [1.82, 2.24) is 15.3 Å². The third kappa shape index (κ3) is 2.93. The molecule has 5 nitrogen and oxygen atoms in total. The van der Waals surface area contributed by atoms with E-state index < -0.39 is 0 Å². The molecule has 16 heavy (non-hydrogen) atoms. The molecule has 0 aliphatic carbocycles. The van der Waals surface area contributed by atoms with E-state index in [0.717, 1.165) is 31.9 Å². The number of aromatic nitrogens is 2. The summed E-state index contributed by atoms with van der Waals surface area (Å²) in [6.45, 7) is 2.83. The van der Waals surface area contributed by atoms with Crippen LogP contribution < -0.4 is 15.4 Å². The Morgan fingerprint density at radius 2 is 2.44 bits per heavy atom. The van der Waals surface area contributed by atoms with Gasteiger partial charge >= 0.3 is 0 Å². The third-order valence-electron chi connectivity index (χ3n) is 2.48. The van der Waals surface area contributed by atoms with Gasteiger partial charge in [-0.05, 0) is 13.0 Å². The molecule has 0 amide bonds. The van der Waals surface area contributed by atoms with Crippen LogP contribution in [-0.4, -0.2) is 36.7 Å². The minimum absolute atomic E-state index is 0.532. The van der Waals surface area contributed by atoms with Crippen molar-refractivity contribution in [3.63, 3.8) is 0 Å². The maximum atomic E-state index is 5.01. The van der Waals surface area contributed by atoms with E-state index in [2.05, 4.69) is 26.7 Å². The Hall–Kier alpha value is -1.62. The molecule has 5 heteroatoms. The first kappa shape index (κ1) is 10.9. The molecule has 0 atom stereocenters. The maximum Gasteiger partial charge on any atom is 0.233 e. The predicted octanol–water partition coefficient (Wildman–Crippen LogP) is 0.817. The summed E-state index contributed by atoms with van der Waals surface area (Å²) in [7, 11) is 1.59. The highest BCUT2D eigenvalue weighted by atomic mass is 16.5.